The molecule has 1 aliphatic rings. The highest BCUT2D eigenvalue weighted by molar-refractivity contribution is 7.09. The first-order valence-corrected chi connectivity index (χ1v) is 7.39. The zero-order valence-electron chi connectivity index (χ0n) is 11.2. The van der Waals surface area contributed by atoms with Crippen LogP contribution >= 0.6 is 11.3 Å². The molecule has 0 aromatic carbocycles. The van der Waals surface area contributed by atoms with E-state index in [-0.39, 0.29) is 10.6 Å². The van der Waals surface area contributed by atoms with Gasteiger partial charge in [0.15, 0.2) is 0 Å². The highest BCUT2D eigenvalue weighted by atomic mass is 32.1. The van der Waals surface area contributed by atoms with Gasteiger partial charge in [-0.05, 0) is 37.8 Å². The molecule has 5 nitrogen and oxygen atoms in total. The van der Waals surface area contributed by atoms with Gasteiger partial charge in [0.05, 0.1) is 13.7 Å². The van der Waals surface area contributed by atoms with Gasteiger partial charge in [-0.2, -0.15) is 0 Å². The van der Waals surface area contributed by atoms with Gasteiger partial charge >= 0.3 is 10.8 Å². The number of hydrogen-bond donors (Lipinski definition) is 0. The number of aryl methyl sites for hydroxylation is 1. The molecular formula is C14H15NO4S. The average Bonchev–Trinajstić information content (AvgIpc) is 3.04. The van der Waals surface area contributed by atoms with Crippen LogP contribution in [0.2, 0.25) is 0 Å². The summed E-state index contributed by atoms with van der Waals surface area (Å²) in [5, 5.41) is 0. The van der Waals surface area contributed by atoms with Crippen LogP contribution in [0.4, 0.5) is 0 Å². The second-order valence-electron chi connectivity index (χ2n) is 4.79. The molecule has 2 aromatic rings. The monoisotopic (exact) mass is 293 g/mol. The molecular weight excluding hydrogens is 278 g/mol. The Morgan fingerprint density at radius 1 is 1.40 bits per heavy atom. The number of furan rings is 1. The molecule has 0 spiro atoms. The summed E-state index contributed by atoms with van der Waals surface area (Å²) in [4.78, 5) is 24.6. The fraction of sp³-hybridized carbons (Fsp3) is 0.429. The Morgan fingerprint density at radius 3 is 3.00 bits per heavy atom. The normalized spacial score (nSPS) is 14.1. The second kappa shape index (κ2) is 5.28. The molecule has 6 heteroatoms. The largest absolute Gasteiger partial charge is 0.463 e. The minimum absolute atomic E-state index is 0.0490. The van der Waals surface area contributed by atoms with E-state index >= 15 is 0 Å². The summed E-state index contributed by atoms with van der Waals surface area (Å²) in [6.07, 6.45) is 4.21. The lowest BCUT2D eigenvalue weighted by Crippen LogP contribution is -2.17. The molecule has 2 aromatic heterocycles. The van der Waals surface area contributed by atoms with Crippen LogP contribution in [0.25, 0.3) is 0 Å². The van der Waals surface area contributed by atoms with E-state index in [0.29, 0.717) is 12.3 Å². The predicted molar refractivity (Wildman–Crippen MR) is 74.4 cm³/mol. The third kappa shape index (κ3) is 2.31. The Morgan fingerprint density at radius 2 is 2.20 bits per heavy atom. The van der Waals surface area contributed by atoms with Crippen LogP contribution in [-0.4, -0.2) is 17.6 Å². The molecule has 0 saturated heterocycles. The van der Waals surface area contributed by atoms with E-state index in [2.05, 4.69) is 4.74 Å². The Labute approximate surface area is 119 Å². The summed E-state index contributed by atoms with van der Waals surface area (Å²) >= 11 is 1.33. The van der Waals surface area contributed by atoms with Crippen molar-refractivity contribution in [2.24, 2.45) is 0 Å². The molecule has 0 amide bonds. The highest BCUT2D eigenvalue weighted by Crippen LogP contribution is 2.24. The standard InChI is InChI=1S/C14H15NO4S/c1-18-13(16)11-7-6-9(19-11)8-15-10-4-2-3-5-12(10)20-14(15)17/h6-7H,2-5,8H2,1H3. The van der Waals surface area contributed by atoms with Gasteiger partial charge in [-0.15, -0.1) is 0 Å². The molecule has 0 N–H and O–H groups in total. The van der Waals surface area contributed by atoms with Crippen LogP contribution in [0.3, 0.4) is 0 Å². The lowest BCUT2D eigenvalue weighted by Gasteiger charge is -2.13. The van der Waals surface area contributed by atoms with Gasteiger partial charge in [-0.3, -0.25) is 9.36 Å². The van der Waals surface area contributed by atoms with Crippen molar-refractivity contribution in [3.63, 3.8) is 0 Å². The zero-order valence-corrected chi connectivity index (χ0v) is 12.0. The topological polar surface area (TPSA) is 61.4 Å². The van der Waals surface area contributed by atoms with E-state index in [1.54, 1.807) is 16.7 Å². The molecule has 106 valence electrons. The molecule has 0 aliphatic heterocycles. The SMILES string of the molecule is COC(=O)c1ccc(Cn2c3c(sc2=O)CCCC3)o1. The highest BCUT2D eigenvalue weighted by Gasteiger charge is 2.19. The van der Waals surface area contributed by atoms with Gasteiger partial charge < -0.3 is 9.15 Å². The van der Waals surface area contributed by atoms with E-state index in [1.165, 1.54) is 23.3 Å². The zero-order chi connectivity index (χ0) is 14.1. The Hall–Kier alpha value is -1.82. The van der Waals surface area contributed by atoms with Crippen molar-refractivity contribution >= 4 is 17.3 Å². The minimum atomic E-state index is -0.504. The summed E-state index contributed by atoms with van der Waals surface area (Å²) in [5.74, 6) is 0.259. The first-order valence-electron chi connectivity index (χ1n) is 6.57. The van der Waals surface area contributed by atoms with Gasteiger partial charge in [0.2, 0.25) is 5.76 Å². The van der Waals surface area contributed by atoms with E-state index in [0.717, 1.165) is 31.4 Å². The van der Waals surface area contributed by atoms with Gasteiger partial charge in [0.25, 0.3) is 0 Å². The van der Waals surface area contributed by atoms with E-state index in [9.17, 15) is 9.59 Å². The lowest BCUT2D eigenvalue weighted by molar-refractivity contribution is 0.0563. The average molecular weight is 293 g/mol. The molecule has 3 rings (SSSR count). The molecule has 0 bridgehead atoms. The molecule has 0 unspecified atom stereocenters. The number of aromatic nitrogens is 1. The van der Waals surface area contributed by atoms with Crippen molar-refractivity contribution in [1.82, 2.24) is 4.57 Å². The maximum Gasteiger partial charge on any atom is 0.373 e. The number of fused-ring (bicyclic) bond motifs is 1. The smallest absolute Gasteiger partial charge is 0.373 e. The molecule has 2 heterocycles. The second-order valence-corrected chi connectivity index (χ2v) is 5.83. The fourth-order valence-corrected chi connectivity index (χ4v) is 3.59. The summed E-state index contributed by atoms with van der Waals surface area (Å²) in [6.45, 7) is 0.377. The number of nitrogens with zero attached hydrogens (tertiary/aromatic N) is 1. The molecule has 0 atom stereocenters. The number of esters is 1. The van der Waals surface area contributed by atoms with Gasteiger partial charge in [0.1, 0.15) is 5.76 Å². The summed E-state index contributed by atoms with van der Waals surface area (Å²) in [7, 11) is 1.31. The van der Waals surface area contributed by atoms with Crippen molar-refractivity contribution in [2.75, 3.05) is 7.11 Å². The Bertz CT molecular complexity index is 694. The van der Waals surface area contributed by atoms with Crippen molar-refractivity contribution in [3.05, 3.63) is 43.9 Å². The summed E-state index contributed by atoms with van der Waals surface area (Å²) < 4.78 is 11.8. The lowest BCUT2D eigenvalue weighted by atomic mass is 10.0. The maximum atomic E-state index is 12.1. The van der Waals surface area contributed by atoms with Crippen molar-refractivity contribution in [1.29, 1.82) is 0 Å². The van der Waals surface area contributed by atoms with Gasteiger partial charge in [-0.25, -0.2) is 4.79 Å². The van der Waals surface area contributed by atoms with Crippen LogP contribution in [0.5, 0.6) is 0 Å². The van der Waals surface area contributed by atoms with Crippen LogP contribution in [-0.2, 0) is 24.1 Å². The third-order valence-electron chi connectivity index (χ3n) is 3.51. The predicted octanol–water partition coefficient (Wildman–Crippen LogP) is 2.22. The van der Waals surface area contributed by atoms with Crippen molar-refractivity contribution in [2.45, 2.75) is 32.2 Å². The van der Waals surface area contributed by atoms with E-state index in [1.807, 2.05) is 0 Å². The number of carbonyl (C=O) groups is 1. The summed E-state index contributed by atoms with van der Waals surface area (Å²) in [5.41, 5.74) is 1.13. The first-order chi connectivity index (χ1) is 9.69. The molecule has 0 saturated carbocycles. The number of methoxy groups -OCH3 is 1. The number of carbonyl (C=O) groups excluding carboxylic acids is 1. The third-order valence-corrected chi connectivity index (χ3v) is 4.59. The van der Waals surface area contributed by atoms with E-state index in [4.69, 9.17) is 4.42 Å². The van der Waals surface area contributed by atoms with E-state index < -0.39 is 5.97 Å². The minimum Gasteiger partial charge on any atom is -0.463 e. The van der Waals surface area contributed by atoms with Crippen molar-refractivity contribution < 1.29 is 13.9 Å². The molecule has 0 radical (unpaired) electrons. The van der Waals surface area contributed by atoms with Crippen LogP contribution in [0.1, 0.15) is 39.7 Å². The molecule has 1 aliphatic carbocycles. The van der Waals surface area contributed by atoms with Gasteiger partial charge in [-0.1, -0.05) is 11.3 Å². The van der Waals surface area contributed by atoms with Gasteiger partial charge in [0, 0.05) is 10.6 Å². The Balaban J connectivity index is 1.88. The Kier molecular flexibility index (Phi) is 3.48. The number of rotatable bonds is 3. The number of thiazole rings is 1. The summed E-state index contributed by atoms with van der Waals surface area (Å²) in [6, 6.07) is 3.29. The quantitative estimate of drug-likeness (QED) is 0.814. The molecule has 0 fully saturated rings. The molecule has 20 heavy (non-hydrogen) atoms. The number of hydrogen-bond acceptors (Lipinski definition) is 5. The maximum absolute atomic E-state index is 12.1. The first kappa shape index (κ1) is 13.2. The number of ether oxygens (including phenoxy) is 1. The fourth-order valence-electron chi connectivity index (χ4n) is 2.52. The van der Waals surface area contributed by atoms with Crippen LogP contribution < -0.4 is 4.87 Å². The van der Waals surface area contributed by atoms with Crippen molar-refractivity contribution in [3.8, 4) is 0 Å². The van der Waals surface area contributed by atoms with Crippen LogP contribution in [0, 0.1) is 0 Å². The van der Waals surface area contributed by atoms with Crippen LogP contribution in [0.15, 0.2) is 21.3 Å².